The molecule has 0 saturated heterocycles. The van der Waals surface area contributed by atoms with Crippen LogP contribution in [0.3, 0.4) is 0 Å². The predicted octanol–water partition coefficient (Wildman–Crippen LogP) is 3.65. The van der Waals surface area contributed by atoms with Gasteiger partial charge < -0.3 is 14.8 Å². The van der Waals surface area contributed by atoms with Gasteiger partial charge in [-0.3, -0.25) is 4.79 Å². The Hall–Kier alpha value is -2.28. The third-order valence-corrected chi connectivity index (χ3v) is 5.46. The maximum absolute atomic E-state index is 12.9. The summed E-state index contributed by atoms with van der Waals surface area (Å²) in [6.45, 7) is 0. The molecule has 26 heavy (non-hydrogen) atoms. The SMILES string of the molecule is CSCC[C@@H](NC(=O)c1noc2c1CCCC2)c1nc2ccccc2[nH]1. The number of carbonyl (C=O) groups excluding carboxylic acids is 1. The molecule has 0 spiro atoms. The third kappa shape index (κ3) is 3.35. The number of imidazole rings is 1. The van der Waals surface area contributed by atoms with Crippen LogP contribution in [0.25, 0.3) is 11.0 Å². The van der Waals surface area contributed by atoms with Gasteiger partial charge in [0.25, 0.3) is 5.91 Å². The number of thioether (sulfide) groups is 1. The van der Waals surface area contributed by atoms with Crippen molar-refractivity contribution in [3.8, 4) is 0 Å². The first-order valence-corrected chi connectivity index (χ1v) is 10.4. The Morgan fingerprint density at radius 2 is 2.19 bits per heavy atom. The van der Waals surface area contributed by atoms with Crippen LogP contribution in [0.15, 0.2) is 28.8 Å². The summed E-state index contributed by atoms with van der Waals surface area (Å²) in [5, 5.41) is 7.16. The number of aryl methyl sites for hydroxylation is 1. The van der Waals surface area contributed by atoms with E-state index in [9.17, 15) is 4.79 Å². The van der Waals surface area contributed by atoms with Crippen molar-refractivity contribution < 1.29 is 9.32 Å². The van der Waals surface area contributed by atoms with Gasteiger partial charge in [-0.05, 0) is 49.8 Å². The van der Waals surface area contributed by atoms with E-state index in [1.165, 1.54) is 0 Å². The molecule has 1 amide bonds. The zero-order valence-electron chi connectivity index (χ0n) is 14.7. The lowest BCUT2D eigenvalue weighted by Crippen LogP contribution is -2.31. The Kier molecular flexibility index (Phi) is 4.97. The number of aromatic amines is 1. The minimum atomic E-state index is -0.182. The molecule has 7 heteroatoms. The molecule has 0 bridgehead atoms. The van der Waals surface area contributed by atoms with Crippen molar-refractivity contribution in [3.05, 3.63) is 47.1 Å². The molecule has 0 fully saturated rings. The van der Waals surface area contributed by atoms with Crippen LogP contribution < -0.4 is 5.32 Å². The average Bonchev–Trinajstić information content (AvgIpc) is 3.29. The van der Waals surface area contributed by atoms with Crippen molar-refractivity contribution in [2.75, 3.05) is 12.0 Å². The molecule has 0 unspecified atom stereocenters. The van der Waals surface area contributed by atoms with Crippen molar-refractivity contribution in [2.24, 2.45) is 0 Å². The Balaban J connectivity index is 1.58. The standard InChI is InChI=1S/C19H22N4O2S/c1-26-11-10-15(18-20-13-7-3-4-8-14(13)21-18)22-19(24)17-12-6-2-5-9-16(12)25-23-17/h3-4,7-8,15H,2,5-6,9-11H2,1H3,(H,20,21)(H,22,24)/t15-/m1/s1. The topological polar surface area (TPSA) is 83.8 Å². The van der Waals surface area contributed by atoms with E-state index < -0.39 is 0 Å². The molecule has 4 rings (SSSR count). The van der Waals surface area contributed by atoms with Gasteiger partial charge in [0, 0.05) is 12.0 Å². The number of fused-ring (bicyclic) bond motifs is 2. The van der Waals surface area contributed by atoms with E-state index in [2.05, 4.69) is 26.7 Å². The van der Waals surface area contributed by atoms with Gasteiger partial charge in [-0.25, -0.2) is 4.98 Å². The lowest BCUT2D eigenvalue weighted by Gasteiger charge is -2.16. The van der Waals surface area contributed by atoms with E-state index in [-0.39, 0.29) is 11.9 Å². The third-order valence-electron chi connectivity index (χ3n) is 4.82. The minimum absolute atomic E-state index is 0.177. The normalized spacial score (nSPS) is 15.0. The summed E-state index contributed by atoms with van der Waals surface area (Å²) in [4.78, 5) is 20.9. The molecule has 1 atom stereocenters. The number of carbonyl (C=O) groups is 1. The van der Waals surface area contributed by atoms with Crippen molar-refractivity contribution in [1.82, 2.24) is 20.4 Å². The molecule has 2 N–H and O–H groups in total. The number of hydrogen-bond donors (Lipinski definition) is 2. The maximum atomic E-state index is 12.9. The van der Waals surface area contributed by atoms with Gasteiger partial charge in [0.05, 0.1) is 17.1 Å². The van der Waals surface area contributed by atoms with Gasteiger partial charge in [0.15, 0.2) is 5.69 Å². The first kappa shape index (κ1) is 17.1. The molecule has 2 aromatic heterocycles. The molecule has 0 aliphatic heterocycles. The van der Waals surface area contributed by atoms with Crippen LogP contribution in [-0.2, 0) is 12.8 Å². The number of amides is 1. The number of aromatic nitrogens is 3. The smallest absolute Gasteiger partial charge is 0.274 e. The molecule has 1 aliphatic rings. The Morgan fingerprint density at radius 1 is 1.35 bits per heavy atom. The average molecular weight is 370 g/mol. The van der Waals surface area contributed by atoms with Crippen molar-refractivity contribution in [3.63, 3.8) is 0 Å². The van der Waals surface area contributed by atoms with Gasteiger partial charge in [-0.15, -0.1) is 0 Å². The van der Waals surface area contributed by atoms with Gasteiger partial charge in [-0.2, -0.15) is 11.8 Å². The molecular formula is C19H22N4O2S. The van der Waals surface area contributed by atoms with Crippen LogP contribution in [0.1, 0.15) is 52.9 Å². The molecule has 1 aromatic carbocycles. The van der Waals surface area contributed by atoms with Gasteiger partial charge in [0.2, 0.25) is 0 Å². The fourth-order valence-electron chi connectivity index (χ4n) is 3.44. The summed E-state index contributed by atoms with van der Waals surface area (Å²) < 4.78 is 5.39. The quantitative estimate of drug-likeness (QED) is 0.692. The van der Waals surface area contributed by atoms with Crippen LogP contribution in [0.2, 0.25) is 0 Å². The fourth-order valence-corrected chi connectivity index (χ4v) is 3.91. The van der Waals surface area contributed by atoms with Crippen LogP contribution in [0, 0.1) is 0 Å². The Morgan fingerprint density at radius 3 is 3.04 bits per heavy atom. The first-order chi connectivity index (χ1) is 12.8. The van der Waals surface area contributed by atoms with Crippen molar-refractivity contribution in [1.29, 1.82) is 0 Å². The maximum Gasteiger partial charge on any atom is 0.274 e. The van der Waals surface area contributed by atoms with E-state index in [1.54, 1.807) is 11.8 Å². The highest BCUT2D eigenvalue weighted by molar-refractivity contribution is 7.98. The first-order valence-electron chi connectivity index (χ1n) is 8.98. The summed E-state index contributed by atoms with van der Waals surface area (Å²) in [7, 11) is 0. The number of nitrogens with zero attached hydrogens (tertiary/aromatic N) is 2. The van der Waals surface area contributed by atoms with E-state index in [4.69, 9.17) is 4.52 Å². The number of benzene rings is 1. The number of hydrogen-bond acceptors (Lipinski definition) is 5. The Bertz CT molecular complexity index is 884. The van der Waals surface area contributed by atoms with Crippen LogP contribution in [0.4, 0.5) is 0 Å². The monoisotopic (exact) mass is 370 g/mol. The molecule has 0 saturated carbocycles. The van der Waals surface area contributed by atoms with Crippen molar-refractivity contribution in [2.45, 2.75) is 38.1 Å². The second-order valence-electron chi connectivity index (χ2n) is 6.59. The number of H-pyrrole nitrogens is 1. The fraction of sp³-hybridized carbons (Fsp3) is 0.421. The summed E-state index contributed by atoms with van der Waals surface area (Å²) in [5.74, 6) is 2.40. The molecule has 3 aromatic rings. The molecule has 136 valence electrons. The second-order valence-corrected chi connectivity index (χ2v) is 7.57. The van der Waals surface area contributed by atoms with Crippen LogP contribution in [0.5, 0.6) is 0 Å². The highest BCUT2D eigenvalue weighted by atomic mass is 32.2. The van der Waals surface area contributed by atoms with Crippen molar-refractivity contribution >= 4 is 28.7 Å². The highest BCUT2D eigenvalue weighted by Crippen LogP contribution is 2.25. The summed E-state index contributed by atoms with van der Waals surface area (Å²) in [6, 6.07) is 7.72. The van der Waals surface area contributed by atoms with Gasteiger partial charge in [-0.1, -0.05) is 17.3 Å². The lowest BCUT2D eigenvalue weighted by molar-refractivity contribution is 0.0924. The van der Waals surface area contributed by atoms with Gasteiger partial charge >= 0.3 is 0 Å². The summed E-state index contributed by atoms with van der Waals surface area (Å²) in [5.41, 5.74) is 3.29. The van der Waals surface area contributed by atoms with Gasteiger partial charge in [0.1, 0.15) is 11.6 Å². The van der Waals surface area contributed by atoms with E-state index >= 15 is 0 Å². The minimum Gasteiger partial charge on any atom is -0.360 e. The molecule has 6 nitrogen and oxygen atoms in total. The second kappa shape index (κ2) is 7.53. The number of rotatable bonds is 6. The van der Waals surface area contributed by atoms with E-state index in [0.717, 1.165) is 66.0 Å². The molecule has 0 radical (unpaired) electrons. The van der Waals surface area contributed by atoms with Crippen LogP contribution in [-0.4, -0.2) is 33.0 Å². The lowest BCUT2D eigenvalue weighted by atomic mass is 9.96. The zero-order valence-corrected chi connectivity index (χ0v) is 15.6. The van der Waals surface area contributed by atoms with E-state index in [0.29, 0.717) is 5.69 Å². The number of nitrogens with one attached hydrogen (secondary N) is 2. The summed E-state index contributed by atoms with van der Waals surface area (Å²) >= 11 is 1.75. The molecule has 2 heterocycles. The Labute approximate surface area is 156 Å². The highest BCUT2D eigenvalue weighted by Gasteiger charge is 2.26. The van der Waals surface area contributed by atoms with E-state index in [1.807, 2.05) is 24.3 Å². The summed E-state index contributed by atoms with van der Waals surface area (Å²) in [6.07, 6.45) is 6.77. The largest absolute Gasteiger partial charge is 0.360 e. The zero-order chi connectivity index (χ0) is 17.9. The number of para-hydroxylation sites is 2. The molecule has 1 aliphatic carbocycles. The van der Waals surface area contributed by atoms with Crippen LogP contribution >= 0.6 is 11.8 Å². The molecular weight excluding hydrogens is 348 g/mol. The predicted molar refractivity (Wildman–Crippen MR) is 102 cm³/mol.